The molecule has 0 bridgehead atoms. The van der Waals surface area contributed by atoms with Gasteiger partial charge in [0.2, 0.25) is 0 Å². The highest BCUT2D eigenvalue weighted by Gasteiger charge is 2.22. The fourth-order valence-electron chi connectivity index (χ4n) is 1.42. The van der Waals surface area contributed by atoms with Gasteiger partial charge in [0.1, 0.15) is 12.6 Å². The van der Waals surface area contributed by atoms with E-state index in [-0.39, 0.29) is 12.1 Å². The summed E-state index contributed by atoms with van der Waals surface area (Å²) in [4.78, 5) is 11.3. The minimum absolute atomic E-state index is 0.0564. The SMILES string of the molecule is C=C(C)C(=O)OC(C)C[N+](C)(CC)CC. The number of carbonyl (C=O) groups excluding carboxylic acids is 1. The lowest BCUT2D eigenvalue weighted by Gasteiger charge is -2.34. The van der Waals surface area contributed by atoms with Gasteiger partial charge in [0, 0.05) is 5.57 Å². The molecule has 3 heteroatoms. The molecule has 1 atom stereocenters. The van der Waals surface area contributed by atoms with Crippen LogP contribution in [0, 0.1) is 0 Å². The molecule has 0 fully saturated rings. The Morgan fingerprint density at radius 3 is 2.20 bits per heavy atom. The Hall–Kier alpha value is -0.830. The molecule has 0 amide bonds. The molecule has 88 valence electrons. The molecule has 0 spiro atoms. The predicted molar refractivity (Wildman–Crippen MR) is 62.5 cm³/mol. The quantitative estimate of drug-likeness (QED) is 0.384. The van der Waals surface area contributed by atoms with Gasteiger partial charge >= 0.3 is 5.97 Å². The van der Waals surface area contributed by atoms with E-state index in [0.29, 0.717) is 5.57 Å². The van der Waals surface area contributed by atoms with Gasteiger partial charge in [-0.1, -0.05) is 6.58 Å². The molecule has 0 saturated carbocycles. The van der Waals surface area contributed by atoms with Crippen LogP contribution in [-0.4, -0.2) is 43.2 Å². The van der Waals surface area contributed by atoms with Crippen LogP contribution in [0.15, 0.2) is 12.2 Å². The van der Waals surface area contributed by atoms with Crippen LogP contribution in [0.2, 0.25) is 0 Å². The molecule has 0 aromatic heterocycles. The Balaban J connectivity index is 4.19. The Labute approximate surface area is 93.3 Å². The van der Waals surface area contributed by atoms with E-state index < -0.39 is 0 Å². The van der Waals surface area contributed by atoms with E-state index in [1.165, 1.54) is 0 Å². The van der Waals surface area contributed by atoms with Gasteiger partial charge in [-0.3, -0.25) is 0 Å². The topological polar surface area (TPSA) is 26.3 Å². The van der Waals surface area contributed by atoms with Crippen molar-refractivity contribution in [1.29, 1.82) is 0 Å². The summed E-state index contributed by atoms with van der Waals surface area (Å²) in [6.07, 6.45) is -0.0564. The molecule has 0 aliphatic rings. The Morgan fingerprint density at radius 1 is 1.40 bits per heavy atom. The number of hydrogen-bond acceptors (Lipinski definition) is 2. The number of esters is 1. The average molecular weight is 214 g/mol. The molecular weight excluding hydrogens is 190 g/mol. The molecule has 0 saturated heterocycles. The van der Waals surface area contributed by atoms with Crippen LogP contribution in [0.1, 0.15) is 27.7 Å². The van der Waals surface area contributed by atoms with E-state index in [2.05, 4.69) is 27.5 Å². The van der Waals surface area contributed by atoms with Gasteiger partial charge in [-0.2, -0.15) is 0 Å². The van der Waals surface area contributed by atoms with Crippen LogP contribution in [0.5, 0.6) is 0 Å². The van der Waals surface area contributed by atoms with E-state index in [4.69, 9.17) is 4.74 Å². The summed E-state index contributed by atoms with van der Waals surface area (Å²) in [6.45, 7) is 14.4. The lowest BCUT2D eigenvalue weighted by molar-refractivity contribution is -0.908. The minimum Gasteiger partial charge on any atom is -0.453 e. The summed E-state index contributed by atoms with van der Waals surface area (Å²) in [5, 5.41) is 0. The maximum Gasteiger partial charge on any atom is 0.333 e. The maximum atomic E-state index is 11.3. The zero-order chi connectivity index (χ0) is 12.1. The van der Waals surface area contributed by atoms with Gasteiger partial charge in [0.15, 0.2) is 0 Å². The van der Waals surface area contributed by atoms with Crippen LogP contribution in [0.3, 0.4) is 0 Å². The number of nitrogens with zero attached hydrogens (tertiary/aromatic N) is 1. The zero-order valence-electron chi connectivity index (χ0n) is 10.7. The first kappa shape index (κ1) is 14.2. The van der Waals surface area contributed by atoms with Crippen molar-refractivity contribution in [2.24, 2.45) is 0 Å². The van der Waals surface area contributed by atoms with Crippen molar-refractivity contribution in [2.45, 2.75) is 33.8 Å². The number of quaternary nitrogens is 1. The summed E-state index contributed by atoms with van der Waals surface area (Å²) in [5.74, 6) is -0.291. The molecule has 1 unspecified atom stereocenters. The van der Waals surface area contributed by atoms with Gasteiger partial charge in [-0.15, -0.1) is 0 Å². The van der Waals surface area contributed by atoms with Gasteiger partial charge < -0.3 is 9.22 Å². The number of ether oxygens (including phenoxy) is 1. The lowest BCUT2D eigenvalue weighted by atomic mass is 10.3. The molecule has 0 radical (unpaired) electrons. The highest BCUT2D eigenvalue weighted by molar-refractivity contribution is 5.87. The summed E-state index contributed by atoms with van der Waals surface area (Å²) in [6, 6.07) is 0. The summed E-state index contributed by atoms with van der Waals surface area (Å²) >= 11 is 0. The third-order valence-corrected chi connectivity index (χ3v) is 2.88. The summed E-state index contributed by atoms with van der Waals surface area (Å²) in [7, 11) is 2.17. The first-order valence-corrected chi connectivity index (χ1v) is 5.54. The van der Waals surface area contributed by atoms with Crippen molar-refractivity contribution in [1.82, 2.24) is 0 Å². The minimum atomic E-state index is -0.291. The van der Waals surface area contributed by atoms with Gasteiger partial charge in [0.05, 0.1) is 20.1 Å². The highest BCUT2D eigenvalue weighted by atomic mass is 16.5. The second kappa shape index (κ2) is 5.91. The maximum absolute atomic E-state index is 11.3. The molecule has 0 aromatic rings. The number of likely N-dealkylation sites (N-methyl/N-ethyl adjacent to an activating group) is 1. The number of rotatable bonds is 6. The van der Waals surface area contributed by atoms with E-state index >= 15 is 0 Å². The van der Waals surface area contributed by atoms with Crippen molar-refractivity contribution in [3.63, 3.8) is 0 Å². The van der Waals surface area contributed by atoms with E-state index in [1.807, 2.05) is 6.92 Å². The zero-order valence-corrected chi connectivity index (χ0v) is 10.7. The normalized spacial score (nSPS) is 13.4. The second-order valence-corrected chi connectivity index (χ2v) is 4.43. The summed E-state index contributed by atoms with van der Waals surface area (Å²) in [5.41, 5.74) is 0.462. The van der Waals surface area contributed by atoms with Gasteiger partial charge in [0.25, 0.3) is 0 Å². The molecule has 0 N–H and O–H groups in total. The van der Waals surface area contributed by atoms with Crippen molar-refractivity contribution in [3.8, 4) is 0 Å². The first-order valence-electron chi connectivity index (χ1n) is 5.54. The van der Waals surface area contributed by atoms with Crippen molar-refractivity contribution < 1.29 is 14.0 Å². The molecule has 0 heterocycles. The van der Waals surface area contributed by atoms with E-state index in [0.717, 1.165) is 24.1 Å². The fourth-order valence-corrected chi connectivity index (χ4v) is 1.42. The average Bonchev–Trinajstić information content (AvgIpc) is 2.17. The molecule has 15 heavy (non-hydrogen) atoms. The van der Waals surface area contributed by atoms with Crippen LogP contribution in [0.4, 0.5) is 0 Å². The molecule has 3 nitrogen and oxygen atoms in total. The molecular formula is C12H24NO2+. The Kier molecular flexibility index (Phi) is 5.58. The third kappa shape index (κ3) is 4.98. The lowest BCUT2D eigenvalue weighted by Crippen LogP contribution is -2.48. The van der Waals surface area contributed by atoms with Crippen LogP contribution in [-0.2, 0) is 9.53 Å². The van der Waals surface area contributed by atoms with E-state index in [9.17, 15) is 4.79 Å². The van der Waals surface area contributed by atoms with Crippen LogP contribution in [0.25, 0.3) is 0 Å². The van der Waals surface area contributed by atoms with Crippen molar-refractivity contribution >= 4 is 5.97 Å². The van der Waals surface area contributed by atoms with Crippen LogP contribution < -0.4 is 0 Å². The van der Waals surface area contributed by atoms with Crippen molar-refractivity contribution in [3.05, 3.63) is 12.2 Å². The molecule has 0 aromatic carbocycles. The van der Waals surface area contributed by atoms with Gasteiger partial charge in [-0.05, 0) is 27.7 Å². The van der Waals surface area contributed by atoms with Crippen LogP contribution >= 0.6 is 0 Å². The molecule has 0 aliphatic heterocycles. The fraction of sp³-hybridized carbons (Fsp3) is 0.750. The second-order valence-electron chi connectivity index (χ2n) is 4.43. The number of hydrogen-bond donors (Lipinski definition) is 0. The first-order chi connectivity index (χ1) is 6.84. The van der Waals surface area contributed by atoms with Crippen molar-refractivity contribution in [2.75, 3.05) is 26.7 Å². The standard InChI is InChI=1S/C12H24NO2/c1-7-13(6,8-2)9-11(5)15-12(14)10(3)4/h11H,3,7-9H2,1-2,4-6H3/q+1. The Bertz CT molecular complexity index is 232. The molecule has 0 aliphatic carbocycles. The van der Waals surface area contributed by atoms with Gasteiger partial charge in [-0.25, -0.2) is 4.79 Å². The van der Waals surface area contributed by atoms with E-state index in [1.54, 1.807) is 6.92 Å². The highest BCUT2D eigenvalue weighted by Crippen LogP contribution is 2.07. The molecule has 0 rings (SSSR count). The Morgan fingerprint density at radius 2 is 1.87 bits per heavy atom. The monoisotopic (exact) mass is 214 g/mol. The predicted octanol–water partition coefficient (Wildman–Crippen LogP) is 1.98. The smallest absolute Gasteiger partial charge is 0.333 e. The summed E-state index contributed by atoms with van der Waals surface area (Å²) < 4.78 is 6.18. The largest absolute Gasteiger partial charge is 0.453 e. The third-order valence-electron chi connectivity index (χ3n) is 2.88. The number of carbonyl (C=O) groups is 1.